The predicted molar refractivity (Wildman–Crippen MR) is 138 cm³/mol. The molecule has 1 fully saturated rings. The van der Waals surface area contributed by atoms with E-state index in [4.69, 9.17) is 14.2 Å². The lowest BCUT2D eigenvalue weighted by Gasteiger charge is -2.29. The minimum absolute atomic E-state index is 0.0647. The third-order valence-electron chi connectivity index (χ3n) is 6.98. The quantitative estimate of drug-likeness (QED) is 0.294. The van der Waals surface area contributed by atoms with Crippen LogP contribution in [0.3, 0.4) is 0 Å². The molecule has 1 radical (unpaired) electrons. The minimum Gasteiger partial charge on any atom is -0.496 e. The Morgan fingerprint density at radius 1 is 0.829 bits per heavy atom. The SMILES string of the molecule is COc1cc(OC)c(C(=O)[P](=O)C2(C(=O)c3c(C)cc(C(C)(C)C)cc3C)CCCC2)c(OC)c1. The summed E-state index contributed by atoms with van der Waals surface area (Å²) >= 11 is 0. The van der Waals surface area contributed by atoms with Gasteiger partial charge in [0.2, 0.25) is 5.52 Å². The van der Waals surface area contributed by atoms with Crippen LogP contribution in [0.2, 0.25) is 0 Å². The van der Waals surface area contributed by atoms with Crippen molar-refractivity contribution >= 4 is 19.1 Å². The molecule has 1 atom stereocenters. The topological polar surface area (TPSA) is 78.9 Å². The van der Waals surface area contributed by atoms with Crippen LogP contribution in [-0.2, 0) is 9.98 Å². The van der Waals surface area contributed by atoms with E-state index in [9.17, 15) is 14.2 Å². The van der Waals surface area contributed by atoms with Crippen molar-refractivity contribution in [2.24, 2.45) is 0 Å². The van der Waals surface area contributed by atoms with Crippen LogP contribution >= 0.6 is 7.80 Å². The second kappa shape index (κ2) is 10.1. The van der Waals surface area contributed by atoms with Gasteiger partial charge in [0.15, 0.2) is 13.6 Å². The first-order valence-electron chi connectivity index (χ1n) is 11.9. The molecule has 1 unspecified atom stereocenters. The number of rotatable bonds is 8. The first-order valence-corrected chi connectivity index (χ1v) is 13.2. The van der Waals surface area contributed by atoms with E-state index in [1.807, 2.05) is 26.0 Å². The molecule has 2 aromatic rings. The summed E-state index contributed by atoms with van der Waals surface area (Å²) in [6.45, 7) is 10.2. The van der Waals surface area contributed by atoms with E-state index in [0.717, 1.165) is 29.5 Å². The smallest absolute Gasteiger partial charge is 0.250 e. The van der Waals surface area contributed by atoms with Crippen molar-refractivity contribution in [2.75, 3.05) is 21.3 Å². The van der Waals surface area contributed by atoms with Gasteiger partial charge < -0.3 is 14.2 Å². The summed E-state index contributed by atoms with van der Waals surface area (Å²) in [7, 11) is 1.74. The summed E-state index contributed by atoms with van der Waals surface area (Å²) in [5.74, 6) is 0.655. The zero-order valence-electron chi connectivity index (χ0n) is 22.0. The highest BCUT2D eigenvalue weighted by atomic mass is 31.1. The van der Waals surface area contributed by atoms with Gasteiger partial charge in [-0.15, -0.1) is 0 Å². The number of ether oxygens (including phenoxy) is 3. The fourth-order valence-electron chi connectivity index (χ4n) is 4.98. The Labute approximate surface area is 209 Å². The molecular weight excluding hydrogens is 463 g/mol. The average Bonchev–Trinajstić information content (AvgIpc) is 3.32. The maximum atomic E-state index is 14.1. The van der Waals surface area contributed by atoms with E-state index in [-0.39, 0.29) is 28.3 Å². The lowest BCUT2D eigenvalue weighted by molar-refractivity contribution is 0.0929. The van der Waals surface area contributed by atoms with Gasteiger partial charge in [-0.2, -0.15) is 0 Å². The molecule has 0 saturated heterocycles. The van der Waals surface area contributed by atoms with Crippen molar-refractivity contribution in [1.29, 1.82) is 0 Å². The molecule has 0 aromatic heterocycles. The molecule has 35 heavy (non-hydrogen) atoms. The minimum atomic E-state index is -2.62. The second-order valence-corrected chi connectivity index (χ2v) is 12.2. The van der Waals surface area contributed by atoms with Crippen LogP contribution in [0.4, 0.5) is 0 Å². The molecule has 0 aliphatic heterocycles. The number of aryl methyl sites for hydroxylation is 2. The zero-order valence-corrected chi connectivity index (χ0v) is 22.9. The molecule has 7 heteroatoms. The van der Waals surface area contributed by atoms with Crippen molar-refractivity contribution in [3.05, 3.63) is 52.1 Å². The molecule has 6 nitrogen and oxygen atoms in total. The van der Waals surface area contributed by atoms with E-state index in [1.165, 1.54) is 21.3 Å². The van der Waals surface area contributed by atoms with Crippen molar-refractivity contribution in [3.63, 3.8) is 0 Å². The Morgan fingerprint density at radius 2 is 1.31 bits per heavy atom. The molecule has 1 aliphatic carbocycles. The number of carbonyl (C=O) groups excluding carboxylic acids is 2. The lowest BCUT2D eigenvalue weighted by Crippen LogP contribution is -2.35. The molecule has 2 aromatic carbocycles. The van der Waals surface area contributed by atoms with Crippen LogP contribution in [-0.4, -0.2) is 37.8 Å². The molecule has 189 valence electrons. The van der Waals surface area contributed by atoms with Crippen LogP contribution in [0.1, 0.15) is 83.9 Å². The van der Waals surface area contributed by atoms with Gasteiger partial charge in [0, 0.05) is 17.7 Å². The van der Waals surface area contributed by atoms with Crippen molar-refractivity contribution in [3.8, 4) is 17.2 Å². The molecular formula is C28H36O6P. The Hall–Kier alpha value is -2.72. The molecule has 0 N–H and O–H groups in total. The fraction of sp³-hybridized carbons (Fsp3) is 0.500. The number of Topliss-reactive ketones (excluding diaryl/α,β-unsaturated/α-hetero) is 1. The van der Waals surface area contributed by atoms with E-state index in [0.29, 0.717) is 24.2 Å². The highest BCUT2D eigenvalue weighted by Gasteiger charge is 2.51. The summed E-state index contributed by atoms with van der Waals surface area (Å²) in [5.41, 5.74) is 2.79. The van der Waals surface area contributed by atoms with E-state index >= 15 is 0 Å². The normalized spacial score (nSPS) is 15.5. The maximum absolute atomic E-state index is 14.1. The third kappa shape index (κ3) is 4.86. The van der Waals surface area contributed by atoms with Gasteiger partial charge in [0.25, 0.3) is 0 Å². The maximum Gasteiger partial charge on any atom is 0.250 e. The largest absolute Gasteiger partial charge is 0.496 e. The van der Waals surface area contributed by atoms with Gasteiger partial charge in [0.1, 0.15) is 28.0 Å². The van der Waals surface area contributed by atoms with E-state index in [1.54, 1.807) is 12.1 Å². The first kappa shape index (κ1) is 26.9. The fourth-order valence-corrected chi connectivity index (χ4v) is 6.81. The van der Waals surface area contributed by atoms with Gasteiger partial charge in [-0.1, -0.05) is 45.7 Å². The van der Waals surface area contributed by atoms with Crippen LogP contribution in [0.15, 0.2) is 24.3 Å². The van der Waals surface area contributed by atoms with E-state index in [2.05, 4.69) is 20.8 Å². The molecule has 1 saturated carbocycles. The standard InChI is InChI=1S/C28H36O6P/c1-17-13-19(27(3,4)5)14-18(2)23(17)25(29)28(11-9-10-12-28)35(31)26(30)24-21(33-7)15-20(32-6)16-22(24)34-8/h13-16H,9-12H2,1-8H3. The van der Waals surface area contributed by atoms with E-state index < -0.39 is 18.5 Å². The van der Waals surface area contributed by atoms with Gasteiger partial charge in [-0.25, -0.2) is 0 Å². The van der Waals surface area contributed by atoms with Crippen LogP contribution in [0.25, 0.3) is 0 Å². The van der Waals surface area contributed by atoms with Crippen molar-refractivity contribution in [2.45, 2.75) is 70.9 Å². The van der Waals surface area contributed by atoms with Gasteiger partial charge >= 0.3 is 0 Å². The zero-order chi connectivity index (χ0) is 26.1. The molecule has 0 amide bonds. The summed E-state index contributed by atoms with van der Waals surface area (Å²) in [6.07, 6.45) is 2.31. The van der Waals surface area contributed by atoms with Gasteiger partial charge in [-0.05, 0) is 48.8 Å². The summed E-state index contributed by atoms with van der Waals surface area (Å²) in [5, 5.41) is -1.25. The number of carbonyl (C=O) groups is 2. The lowest BCUT2D eigenvalue weighted by atomic mass is 9.81. The summed E-state index contributed by atoms with van der Waals surface area (Å²) in [4.78, 5) is 27.9. The molecule has 3 rings (SSSR count). The first-order chi connectivity index (χ1) is 16.4. The third-order valence-corrected chi connectivity index (χ3v) is 9.00. The summed E-state index contributed by atoms with van der Waals surface area (Å²) in [6, 6.07) is 7.18. The second-order valence-electron chi connectivity index (χ2n) is 10.3. The van der Waals surface area contributed by atoms with Crippen LogP contribution in [0, 0.1) is 13.8 Å². The Morgan fingerprint density at radius 3 is 1.71 bits per heavy atom. The summed E-state index contributed by atoms with van der Waals surface area (Å²) < 4.78 is 30.2. The number of hydrogen-bond acceptors (Lipinski definition) is 6. The van der Waals surface area contributed by atoms with Crippen molar-refractivity contribution < 1.29 is 28.4 Å². The number of ketones is 1. The predicted octanol–water partition coefficient (Wildman–Crippen LogP) is 6.79. The number of methoxy groups -OCH3 is 3. The van der Waals surface area contributed by atoms with Crippen LogP contribution in [0.5, 0.6) is 17.2 Å². The number of hydrogen-bond donors (Lipinski definition) is 0. The Balaban J connectivity index is 2.12. The van der Waals surface area contributed by atoms with Gasteiger partial charge in [-0.3, -0.25) is 14.2 Å². The number of benzene rings is 2. The Kier molecular flexibility index (Phi) is 7.76. The average molecular weight is 500 g/mol. The monoisotopic (exact) mass is 499 g/mol. The van der Waals surface area contributed by atoms with Crippen molar-refractivity contribution in [1.82, 2.24) is 0 Å². The highest BCUT2D eigenvalue weighted by molar-refractivity contribution is 7.67. The highest BCUT2D eigenvalue weighted by Crippen LogP contribution is 2.56. The molecule has 1 aliphatic rings. The van der Waals surface area contributed by atoms with Crippen LogP contribution < -0.4 is 14.2 Å². The Bertz CT molecular complexity index is 1120. The molecule has 0 heterocycles. The van der Waals surface area contributed by atoms with Gasteiger partial charge in [0.05, 0.1) is 21.3 Å². The molecule has 0 spiro atoms. The molecule has 0 bridgehead atoms.